The fourth-order valence-corrected chi connectivity index (χ4v) is 2.40. The van der Waals surface area contributed by atoms with E-state index >= 15 is 0 Å². The number of carbonyl (C=O) groups is 1. The van der Waals surface area contributed by atoms with Gasteiger partial charge in [0.15, 0.2) is 11.5 Å². The van der Waals surface area contributed by atoms with E-state index in [-0.39, 0.29) is 5.91 Å². The van der Waals surface area contributed by atoms with Crippen LogP contribution in [0.5, 0.6) is 11.5 Å². The molecule has 0 spiro atoms. The molecule has 6 heteroatoms. The first-order chi connectivity index (χ1) is 10.7. The lowest BCUT2D eigenvalue weighted by molar-refractivity contribution is 0.0950. The maximum Gasteiger partial charge on any atom is 0.251 e. The van der Waals surface area contributed by atoms with E-state index in [4.69, 9.17) is 19.9 Å². The van der Waals surface area contributed by atoms with Gasteiger partial charge in [-0.05, 0) is 37.0 Å². The number of hydrogen-bond donors (Lipinski definition) is 2. The highest BCUT2D eigenvalue weighted by molar-refractivity contribution is 5.94. The van der Waals surface area contributed by atoms with Crippen molar-refractivity contribution in [3.63, 3.8) is 0 Å². The van der Waals surface area contributed by atoms with Crippen LogP contribution in [0.1, 0.15) is 23.2 Å². The molecule has 0 radical (unpaired) electrons. The smallest absolute Gasteiger partial charge is 0.251 e. The zero-order valence-electron chi connectivity index (χ0n) is 13.0. The molecule has 3 N–H and O–H groups in total. The molecule has 22 heavy (non-hydrogen) atoms. The summed E-state index contributed by atoms with van der Waals surface area (Å²) in [4.78, 5) is 12.2. The Labute approximate surface area is 130 Å². The summed E-state index contributed by atoms with van der Waals surface area (Å²) in [5.74, 6) is 1.57. The first-order valence-corrected chi connectivity index (χ1v) is 7.61. The van der Waals surface area contributed by atoms with Gasteiger partial charge in [-0.2, -0.15) is 0 Å². The summed E-state index contributed by atoms with van der Waals surface area (Å²) in [6, 6.07) is 5.14. The van der Waals surface area contributed by atoms with Crippen LogP contribution in [0, 0.1) is 5.92 Å². The molecule has 0 bridgehead atoms. The first kappa shape index (κ1) is 16.6. The molecule has 1 saturated heterocycles. The van der Waals surface area contributed by atoms with Gasteiger partial charge in [-0.15, -0.1) is 0 Å². The number of ether oxygens (including phenoxy) is 3. The van der Waals surface area contributed by atoms with Gasteiger partial charge in [0.1, 0.15) is 6.61 Å². The topological polar surface area (TPSA) is 82.8 Å². The second kappa shape index (κ2) is 8.60. The molecule has 1 amide bonds. The highest BCUT2D eigenvalue weighted by Gasteiger charge is 2.16. The minimum Gasteiger partial charge on any atom is -0.493 e. The van der Waals surface area contributed by atoms with Crippen LogP contribution in [0.2, 0.25) is 0 Å². The predicted molar refractivity (Wildman–Crippen MR) is 83.4 cm³/mol. The number of rotatable bonds is 8. The molecule has 1 aromatic rings. The molecule has 0 aromatic heterocycles. The lowest BCUT2D eigenvalue weighted by Gasteiger charge is -2.12. The van der Waals surface area contributed by atoms with Crippen molar-refractivity contribution in [1.82, 2.24) is 5.32 Å². The summed E-state index contributed by atoms with van der Waals surface area (Å²) < 4.78 is 16.0. The molecule has 1 aliphatic rings. The Morgan fingerprint density at radius 2 is 2.32 bits per heavy atom. The molecule has 1 atom stereocenters. The molecule has 1 heterocycles. The van der Waals surface area contributed by atoms with Gasteiger partial charge in [0, 0.05) is 31.9 Å². The van der Waals surface area contributed by atoms with E-state index < -0.39 is 0 Å². The molecule has 1 aromatic carbocycles. The van der Waals surface area contributed by atoms with Crippen LogP contribution >= 0.6 is 0 Å². The number of carbonyl (C=O) groups excluding carboxylic acids is 1. The molecule has 6 nitrogen and oxygen atoms in total. The van der Waals surface area contributed by atoms with Crippen molar-refractivity contribution >= 4 is 5.91 Å². The quantitative estimate of drug-likeness (QED) is 0.754. The van der Waals surface area contributed by atoms with Crippen molar-refractivity contribution in [1.29, 1.82) is 0 Å². The van der Waals surface area contributed by atoms with Crippen LogP contribution < -0.4 is 20.5 Å². The molecular weight excluding hydrogens is 284 g/mol. The minimum absolute atomic E-state index is 0.109. The number of nitrogens with one attached hydrogen (secondary N) is 1. The Kier molecular flexibility index (Phi) is 6.48. The minimum atomic E-state index is -0.109. The van der Waals surface area contributed by atoms with E-state index in [1.807, 2.05) is 0 Å². The van der Waals surface area contributed by atoms with Crippen molar-refractivity contribution in [2.75, 3.05) is 40.0 Å². The van der Waals surface area contributed by atoms with Gasteiger partial charge < -0.3 is 25.3 Å². The highest BCUT2D eigenvalue weighted by Crippen LogP contribution is 2.28. The Morgan fingerprint density at radius 1 is 1.45 bits per heavy atom. The predicted octanol–water partition coefficient (Wildman–Crippen LogP) is 1.19. The van der Waals surface area contributed by atoms with Gasteiger partial charge in [0.2, 0.25) is 0 Å². The summed E-state index contributed by atoms with van der Waals surface area (Å²) >= 11 is 0. The van der Waals surface area contributed by atoms with Crippen LogP contribution in [-0.2, 0) is 4.74 Å². The average Bonchev–Trinajstić information content (AvgIpc) is 3.06. The van der Waals surface area contributed by atoms with Crippen molar-refractivity contribution in [3.8, 4) is 11.5 Å². The number of hydrogen-bond acceptors (Lipinski definition) is 5. The Hall–Kier alpha value is -1.79. The molecule has 2 rings (SSSR count). The number of benzene rings is 1. The van der Waals surface area contributed by atoms with Gasteiger partial charge in [-0.3, -0.25) is 4.79 Å². The summed E-state index contributed by atoms with van der Waals surface area (Å²) in [6.07, 6.45) is 2.03. The second-order valence-corrected chi connectivity index (χ2v) is 5.28. The van der Waals surface area contributed by atoms with Crippen molar-refractivity contribution in [2.45, 2.75) is 12.8 Å². The normalized spacial score (nSPS) is 17.3. The Balaban J connectivity index is 1.88. The maximum atomic E-state index is 12.2. The lowest BCUT2D eigenvalue weighted by atomic mass is 10.1. The van der Waals surface area contributed by atoms with E-state index in [2.05, 4.69) is 5.32 Å². The molecule has 0 aliphatic carbocycles. The van der Waals surface area contributed by atoms with Crippen molar-refractivity contribution in [2.24, 2.45) is 11.7 Å². The van der Waals surface area contributed by atoms with Crippen LogP contribution in [0.25, 0.3) is 0 Å². The molecule has 0 saturated carbocycles. The van der Waals surface area contributed by atoms with Crippen molar-refractivity contribution < 1.29 is 19.0 Å². The summed E-state index contributed by atoms with van der Waals surface area (Å²) in [5, 5.41) is 2.93. The Morgan fingerprint density at radius 3 is 3.00 bits per heavy atom. The standard InChI is InChI=1S/C16H24N2O4/c1-20-15-10-13(2-3-14(15)22-9-6-17)16(19)18-7-4-12-5-8-21-11-12/h2-3,10,12H,4-9,11,17H2,1H3,(H,18,19)/t12-/m0/s1. The summed E-state index contributed by atoms with van der Waals surface area (Å²) in [7, 11) is 1.55. The van der Waals surface area contributed by atoms with Gasteiger partial charge in [-0.1, -0.05) is 0 Å². The van der Waals surface area contributed by atoms with E-state index in [9.17, 15) is 4.79 Å². The largest absolute Gasteiger partial charge is 0.493 e. The highest BCUT2D eigenvalue weighted by atomic mass is 16.5. The molecular formula is C16H24N2O4. The molecule has 0 unspecified atom stereocenters. The monoisotopic (exact) mass is 308 g/mol. The molecule has 1 aliphatic heterocycles. The summed E-state index contributed by atoms with van der Waals surface area (Å²) in [5.41, 5.74) is 5.97. The average molecular weight is 308 g/mol. The van der Waals surface area contributed by atoms with Gasteiger partial charge in [-0.25, -0.2) is 0 Å². The summed E-state index contributed by atoms with van der Waals surface area (Å²) in [6.45, 7) is 3.12. The van der Waals surface area contributed by atoms with Gasteiger partial charge >= 0.3 is 0 Å². The first-order valence-electron chi connectivity index (χ1n) is 7.61. The SMILES string of the molecule is COc1cc(C(=O)NCC[C@H]2CCOC2)ccc1OCCN. The van der Waals surface area contributed by atoms with Crippen LogP contribution in [0.3, 0.4) is 0 Å². The number of methoxy groups -OCH3 is 1. The van der Waals surface area contributed by atoms with Gasteiger partial charge in [0.05, 0.1) is 7.11 Å². The third kappa shape index (κ3) is 4.61. The molecule has 122 valence electrons. The van der Waals surface area contributed by atoms with Crippen LogP contribution in [0.15, 0.2) is 18.2 Å². The lowest BCUT2D eigenvalue weighted by Crippen LogP contribution is -2.26. The van der Waals surface area contributed by atoms with E-state index in [1.165, 1.54) is 0 Å². The van der Waals surface area contributed by atoms with Crippen LogP contribution in [0.4, 0.5) is 0 Å². The third-order valence-corrected chi connectivity index (χ3v) is 3.66. The number of amides is 1. The maximum absolute atomic E-state index is 12.2. The van der Waals surface area contributed by atoms with E-state index in [1.54, 1.807) is 25.3 Å². The van der Waals surface area contributed by atoms with E-state index in [0.717, 1.165) is 26.1 Å². The van der Waals surface area contributed by atoms with Crippen LogP contribution in [-0.4, -0.2) is 45.9 Å². The Bertz CT molecular complexity index is 487. The fourth-order valence-electron chi connectivity index (χ4n) is 2.40. The zero-order chi connectivity index (χ0) is 15.8. The zero-order valence-corrected chi connectivity index (χ0v) is 13.0. The number of nitrogens with two attached hydrogens (primary N) is 1. The second-order valence-electron chi connectivity index (χ2n) is 5.28. The van der Waals surface area contributed by atoms with Crippen molar-refractivity contribution in [3.05, 3.63) is 23.8 Å². The fraction of sp³-hybridized carbons (Fsp3) is 0.562. The molecule has 1 fully saturated rings. The van der Waals surface area contributed by atoms with Gasteiger partial charge in [0.25, 0.3) is 5.91 Å². The third-order valence-electron chi connectivity index (χ3n) is 3.66. The van der Waals surface area contributed by atoms with E-state index in [0.29, 0.717) is 42.7 Å².